The Morgan fingerprint density at radius 3 is 2.88 bits per heavy atom. The SMILES string of the molecule is COC(=O)C1CCN(C(=O)NCCCc2cccc(F)c2)CC1C. The first-order valence-electron chi connectivity index (χ1n) is 8.36. The number of rotatable bonds is 5. The van der Waals surface area contributed by atoms with Crippen molar-refractivity contribution < 1.29 is 18.7 Å². The third kappa shape index (κ3) is 4.94. The van der Waals surface area contributed by atoms with Gasteiger partial charge in [0.15, 0.2) is 0 Å². The Balaban J connectivity index is 1.70. The van der Waals surface area contributed by atoms with Gasteiger partial charge in [-0.05, 0) is 42.9 Å². The van der Waals surface area contributed by atoms with Crippen molar-refractivity contribution in [2.75, 3.05) is 26.7 Å². The molecule has 6 heteroatoms. The maximum atomic E-state index is 13.1. The van der Waals surface area contributed by atoms with Crippen LogP contribution in [-0.2, 0) is 16.0 Å². The number of nitrogens with one attached hydrogen (secondary N) is 1. The van der Waals surface area contributed by atoms with E-state index in [0.29, 0.717) is 26.1 Å². The van der Waals surface area contributed by atoms with Crippen molar-refractivity contribution in [3.8, 4) is 0 Å². The Bertz CT molecular complexity index is 579. The second kappa shape index (κ2) is 8.66. The minimum absolute atomic E-state index is 0.0873. The minimum Gasteiger partial charge on any atom is -0.469 e. The number of hydrogen-bond donors (Lipinski definition) is 1. The van der Waals surface area contributed by atoms with Crippen molar-refractivity contribution >= 4 is 12.0 Å². The van der Waals surface area contributed by atoms with E-state index in [1.165, 1.54) is 19.2 Å². The van der Waals surface area contributed by atoms with Gasteiger partial charge in [-0.1, -0.05) is 19.1 Å². The molecule has 1 fully saturated rings. The summed E-state index contributed by atoms with van der Waals surface area (Å²) < 4.78 is 17.9. The van der Waals surface area contributed by atoms with Gasteiger partial charge in [-0.2, -0.15) is 0 Å². The van der Waals surface area contributed by atoms with E-state index >= 15 is 0 Å². The molecule has 1 aromatic carbocycles. The molecule has 0 radical (unpaired) electrons. The van der Waals surface area contributed by atoms with Crippen LogP contribution in [0.5, 0.6) is 0 Å². The molecule has 0 spiro atoms. The van der Waals surface area contributed by atoms with Gasteiger partial charge in [0.25, 0.3) is 0 Å². The molecule has 2 amide bonds. The van der Waals surface area contributed by atoms with Crippen LogP contribution in [0.4, 0.5) is 9.18 Å². The maximum Gasteiger partial charge on any atom is 0.317 e. The second-order valence-electron chi connectivity index (χ2n) is 6.31. The predicted molar refractivity (Wildman–Crippen MR) is 89.0 cm³/mol. The highest BCUT2D eigenvalue weighted by molar-refractivity contribution is 5.76. The van der Waals surface area contributed by atoms with Gasteiger partial charge in [0, 0.05) is 19.6 Å². The number of halogens is 1. The highest BCUT2D eigenvalue weighted by Gasteiger charge is 2.33. The minimum atomic E-state index is -0.237. The van der Waals surface area contributed by atoms with E-state index in [2.05, 4.69) is 5.32 Å². The van der Waals surface area contributed by atoms with Crippen LogP contribution in [-0.4, -0.2) is 43.6 Å². The number of carbonyl (C=O) groups is 2. The lowest BCUT2D eigenvalue weighted by Crippen LogP contribution is -2.49. The van der Waals surface area contributed by atoms with Crippen molar-refractivity contribution in [2.24, 2.45) is 11.8 Å². The van der Waals surface area contributed by atoms with Crippen molar-refractivity contribution in [1.82, 2.24) is 10.2 Å². The molecule has 0 aliphatic carbocycles. The lowest BCUT2D eigenvalue weighted by Gasteiger charge is -2.35. The zero-order valence-electron chi connectivity index (χ0n) is 14.3. The number of likely N-dealkylation sites (tertiary alicyclic amines) is 1. The number of piperidine rings is 1. The summed E-state index contributed by atoms with van der Waals surface area (Å²) in [6.07, 6.45) is 2.10. The number of esters is 1. The van der Waals surface area contributed by atoms with Gasteiger partial charge in [0.2, 0.25) is 0 Å². The van der Waals surface area contributed by atoms with Crippen LogP contribution in [0.3, 0.4) is 0 Å². The van der Waals surface area contributed by atoms with Crippen molar-refractivity contribution in [1.29, 1.82) is 0 Å². The number of carbonyl (C=O) groups excluding carboxylic acids is 2. The first-order valence-corrected chi connectivity index (χ1v) is 8.36. The first-order chi connectivity index (χ1) is 11.5. The number of benzene rings is 1. The van der Waals surface area contributed by atoms with Crippen LogP contribution >= 0.6 is 0 Å². The molecule has 5 nitrogen and oxygen atoms in total. The molecular weight excluding hydrogens is 311 g/mol. The molecule has 1 aliphatic heterocycles. The normalized spacial score (nSPS) is 20.5. The van der Waals surface area contributed by atoms with Gasteiger partial charge in [-0.3, -0.25) is 4.79 Å². The quantitative estimate of drug-likeness (QED) is 0.664. The molecule has 1 aliphatic rings. The molecule has 0 aromatic heterocycles. The molecule has 0 bridgehead atoms. The Morgan fingerprint density at radius 2 is 2.21 bits per heavy atom. The first kappa shape index (κ1) is 18.2. The number of urea groups is 1. The Kier molecular flexibility index (Phi) is 6.58. The number of aryl methyl sites for hydroxylation is 1. The van der Waals surface area contributed by atoms with E-state index in [1.54, 1.807) is 11.0 Å². The molecular formula is C18H25FN2O3. The molecule has 132 valence electrons. The highest BCUT2D eigenvalue weighted by Crippen LogP contribution is 2.24. The lowest BCUT2D eigenvalue weighted by atomic mass is 9.87. The Morgan fingerprint density at radius 1 is 1.42 bits per heavy atom. The molecule has 2 rings (SSSR count). The maximum absolute atomic E-state index is 13.1. The van der Waals surface area contributed by atoms with E-state index < -0.39 is 0 Å². The smallest absolute Gasteiger partial charge is 0.317 e. The van der Waals surface area contributed by atoms with Crippen LogP contribution in [0.2, 0.25) is 0 Å². The second-order valence-corrected chi connectivity index (χ2v) is 6.31. The van der Waals surface area contributed by atoms with Crippen LogP contribution in [0.25, 0.3) is 0 Å². The summed E-state index contributed by atoms with van der Waals surface area (Å²) in [6.45, 7) is 3.61. The van der Waals surface area contributed by atoms with Crippen LogP contribution in [0, 0.1) is 17.7 Å². The molecule has 1 aromatic rings. The van der Waals surface area contributed by atoms with Gasteiger partial charge in [0.1, 0.15) is 5.82 Å². The van der Waals surface area contributed by atoms with Gasteiger partial charge in [0.05, 0.1) is 13.0 Å². The van der Waals surface area contributed by atoms with Crippen molar-refractivity contribution in [3.05, 3.63) is 35.6 Å². The number of amides is 2. The van der Waals surface area contributed by atoms with Gasteiger partial charge >= 0.3 is 12.0 Å². The van der Waals surface area contributed by atoms with E-state index in [0.717, 1.165) is 18.4 Å². The van der Waals surface area contributed by atoms with Crippen LogP contribution in [0.1, 0.15) is 25.3 Å². The van der Waals surface area contributed by atoms with Gasteiger partial charge in [-0.25, -0.2) is 9.18 Å². The fourth-order valence-electron chi connectivity index (χ4n) is 3.12. The average Bonchev–Trinajstić information content (AvgIpc) is 2.58. The van der Waals surface area contributed by atoms with E-state index in [4.69, 9.17) is 4.74 Å². The molecule has 2 atom stereocenters. The summed E-state index contributed by atoms with van der Waals surface area (Å²) in [5, 5.41) is 2.89. The van der Waals surface area contributed by atoms with Crippen molar-refractivity contribution in [2.45, 2.75) is 26.2 Å². The Hall–Kier alpha value is -2.11. The van der Waals surface area contributed by atoms with Crippen LogP contribution < -0.4 is 5.32 Å². The zero-order valence-corrected chi connectivity index (χ0v) is 14.3. The lowest BCUT2D eigenvalue weighted by molar-refractivity contribution is -0.148. The van der Waals surface area contributed by atoms with Crippen molar-refractivity contribution in [3.63, 3.8) is 0 Å². The largest absolute Gasteiger partial charge is 0.469 e. The Labute approximate surface area is 142 Å². The third-order valence-corrected chi connectivity index (χ3v) is 4.50. The molecule has 2 unspecified atom stereocenters. The number of ether oxygens (including phenoxy) is 1. The summed E-state index contributed by atoms with van der Waals surface area (Å²) in [4.78, 5) is 25.6. The topological polar surface area (TPSA) is 58.6 Å². The standard InChI is InChI=1S/C18H25FN2O3/c1-13-12-21(10-8-16(13)17(22)24-2)18(23)20-9-4-6-14-5-3-7-15(19)11-14/h3,5,7,11,13,16H,4,6,8-10,12H2,1-2H3,(H,20,23). The van der Waals surface area contributed by atoms with E-state index in [-0.39, 0.29) is 29.7 Å². The number of methoxy groups -OCH3 is 1. The van der Waals surface area contributed by atoms with Gasteiger partial charge in [-0.15, -0.1) is 0 Å². The third-order valence-electron chi connectivity index (χ3n) is 4.50. The van der Waals surface area contributed by atoms with E-state index in [9.17, 15) is 14.0 Å². The summed E-state index contributed by atoms with van der Waals surface area (Å²) >= 11 is 0. The fourth-order valence-corrected chi connectivity index (χ4v) is 3.12. The van der Waals surface area contributed by atoms with E-state index in [1.807, 2.05) is 13.0 Å². The number of hydrogen-bond acceptors (Lipinski definition) is 3. The molecule has 1 heterocycles. The van der Waals surface area contributed by atoms with Crippen LogP contribution in [0.15, 0.2) is 24.3 Å². The molecule has 1 N–H and O–H groups in total. The summed E-state index contributed by atoms with van der Waals surface area (Å²) in [7, 11) is 1.40. The highest BCUT2D eigenvalue weighted by atomic mass is 19.1. The fraction of sp³-hybridized carbons (Fsp3) is 0.556. The molecule has 1 saturated heterocycles. The monoisotopic (exact) mass is 336 g/mol. The number of nitrogens with zero attached hydrogens (tertiary/aromatic N) is 1. The summed E-state index contributed by atoms with van der Waals surface area (Å²) in [6, 6.07) is 6.40. The molecule has 24 heavy (non-hydrogen) atoms. The molecule has 0 saturated carbocycles. The van der Waals surface area contributed by atoms with Gasteiger partial charge < -0.3 is 15.0 Å². The summed E-state index contributed by atoms with van der Waals surface area (Å²) in [5.74, 6) is -0.479. The predicted octanol–water partition coefficient (Wildman–Crippen LogP) is 2.60. The summed E-state index contributed by atoms with van der Waals surface area (Å²) in [5.41, 5.74) is 0.928. The average molecular weight is 336 g/mol. The zero-order chi connectivity index (χ0) is 17.5.